The summed E-state index contributed by atoms with van der Waals surface area (Å²) in [6.07, 6.45) is -1.13. The normalized spacial score (nSPS) is 11.6. The molecule has 0 aliphatic rings. The molecule has 3 aromatic carbocycles. The summed E-state index contributed by atoms with van der Waals surface area (Å²) >= 11 is 0. The fourth-order valence-electron chi connectivity index (χ4n) is 3.07. The van der Waals surface area contributed by atoms with E-state index in [9.17, 15) is 14.3 Å². The van der Waals surface area contributed by atoms with Gasteiger partial charge in [0.2, 0.25) is 0 Å². The summed E-state index contributed by atoms with van der Waals surface area (Å²) < 4.78 is 13.7. The Kier molecular flexibility index (Phi) is 6.81. The van der Waals surface area contributed by atoms with Crippen molar-refractivity contribution in [2.45, 2.75) is 12.6 Å². The Bertz CT molecular complexity index is 950. The maximum absolute atomic E-state index is 13.7. The summed E-state index contributed by atoms with van der Waals surface area (Å²) in [5, 5.41) is 15.5. The van der Waals surface area contributed by atoms with Crippen molar-refractivity contribution in [2.24, 2.45) is 0 Å². The highest BCUT2D eigenvalue weighted by atomic mass is 19.1. The molecule has 6 heteroatoms. The van der Waals surface area contributed by atoms with Crippen LogP contribution in [0.1, 0.15) is 17.2 Å². The van der Waals surface area contributed by atoms with E-state index in [1.807, 2.05) is 66.5 Å². The van der Waals surface area contributed by atoms with Crippen molar-refractivity contribution in [2.75, 3.05) is 23.8 Å². The van der Waals surface area contributed by atoms with Gasteiger partial charge in [-0.15, -0.1) is 0 Å². The Morgan fingerprint density at radius 3 is 2.41 bits per heavy atom. The number of aliphatic hydroxyl groups excluding tert-OH is 1. The topological polar surface area (TPSA) is 64.6 Å². The number of rotatable bonds is 7. The van der Waals surface area contributed by atoms with E-state index in [0.717, 1.165) is 11.3 Å². The van der Waals surface area contributed by atoms with E-state index in [1.165, 1.54) is 12.1 Å². The number of halogens is 1. The molecule has 1 atom stereocenters. The van der Waals surface area contributed by atoms with Crippen molar-refractivity contribution in [3.8, 4) is 0 Å². The molecule has 0 aliphatic heterocycles. The zero-order chi connectivity index (χ0) is 20.6. The van der Waals surface area contributed by atoms with E-state index < -0.39 is 18.0 Å². The number of carbonyl (C=O) groups excluding carboxylic acids is 1. The average Bonchev–Trinajstić information content (AvgIpc) is 2.73. The number of anilines is 2. The number of hydrogen-bond donors (Lipinski definition) is 3. The third-order valence-corrected chi connectivity index (χ3v) is 4.55. The fourth-order valence-corrected chi connectivity index (χ4v) is 3.07. The number of urea groups is 1. The van der Waals surface area contributed by atoms with Crippen LogP contribution in [0.25, 0.3) is 0 Å². The molecule has 0 fully saturated rings. The first-order valence-corrected chi connectivity index (χ1v) is 9.36. The molecule has 2 amide bonds. The zero-order valence-electron chi connectivity index (χ0n) is 16.2. The highest BCUT2D eigenvalue weighted by Gasteiger charge is 2.15. The van der Waals surface area contributed by atoms with E-state index in [1.54, 1.807) is 12.1 Å². The Morgan fingerprint density at radius 2 is 1.66 bits per heavy atom. The number of nitrogens with one attached hydrogen (secondary N) is 2. The van der Waals surface area contributed by atoms with Crippen molar-refractivity contribution in [1.29, 1.82) is 0 Å². The predicted octanol–water partition coefficient (Wildman–Crippen LogP) is 4.32. The number of benzene rings is 3. The van der Waals surface area contributed by atoms with Crippen LogP contribution in [-0.4, -0.2) is 24.7 Å². The monoisotopic (exact) mass is 393 g/mol. The molecule has 0 saturated heterocycles. The van der Waals surface area contributed by atoms with E-state index in [0.29, 0.717) is 12.2 Å². The van der Waals surface area contributed by atoms with E-state index >= 15 is 0 Å². The molecule has 1 unspecified atom stereocenters. The third kappa shape index (κ3) is 5.56. The molecule has 0 aliphatic carbocycles. The second-order valence-electron chi connectivity index (χ2n) is 6.73. The molecule has 0 heterocycles. The number of hydrogen-bond acceptors (Lipinski definition) is 3. The van der Waals surface area contributed by atoms with Crippen molar-refractivity contribution >= 4 is 17.4 Å². The van der Waals surface area contributed by atoms with Gasteiger partial charge >= 0.3 is 6.03 Å². The Labute approximate surface area is 169 Å². The quantitative estimate of drug-likeness (QED) is 0.560. The summed E-state index contributed by atoms with van der Waals surface area (Å²) in [5.74, 6) is -0.505. The molecule has 3 aromatic rings. The summed E-state index contributed by atoms with van der Waals surface area (Å²) in [7, 11) is 1.95. The van der Waals surface area contributed by atoms with Crippen molar-refractivity contribution in [1.82, 2.24) is 5.32 Å². The van der Waals surface area contributed by atoms with Crippen LogP contribution in [0.5, 0.6) is 0 Å². The summed E-state index contributed by atoms with van der Waals surface area (Å²) in [5.41, 5.74) is 2.81. The largest absolute Gasteiger partial charge is 0.386 e. The van der Waals surface area contributed by atoms with Crippen molar-refractivity contribution in [3.63, 3.8) is 0 Å². The molecule has 0 saturated carbocycles. The molecule has 3 rings (SSSR count). The highest BCUT2D eigenvalue weighted by Crippen LogP contribution is 2.26. The van der Waals surface area contributed by atoms with Crippen LogP contribution in [0.4, 0.5) is 20.6 Å². The van der Waals surface area contributed by atoms with Crippen molar-refractivity contribution in [3.05, 3.63) is 95.8 Å². The van der Waals surface area contributed by atoms with E-state index in [4.69, 9.17) is 0 Å². The van der Waals surface area contributed by atoms with Crippen LogP contribution < -0.4 is 15.5 Å². The molecule has 150 valence electrons. The molecule has 0 spiro atoms. The van der Waals surface area contributed by atoms with Gasteiger partial charge in [0.25, 0.3) is 0 Å². The van der Waals surface area contributed by atoms with Crippen LogP contribution in [0.2, 0.25) is 0 Å². The summed E-state index contributed by atoms with van der Waals surface area (Å²) in [4.78, 5) is 14.4. The zero-order valence-corrected chi connectivity index (χ0v) is 16.2. The lowest BCUT2D eigenvalue weighted by Crippen LogP contribution is -2.33. The van der Waals surface area contributed by atoms with Crippen LogP contribution in [0, 0.1) is 5.82 Å². The second kappa shape index (κ2) is 9.71. The standard InChI is InChI=1S/C23H24FN3O2/c1-27(16-17-9-3-2-4-10-17)21-14-8-7-13-20(21)26-23(29)25-15-22(28)18-11-5-6-12-19(18)24/h2-14,22,28H,15-16H2,1H3,(H2,25,26,29). The first-order chi connectivity index (χ1) is 14.0. The smallest absolute Gasteiger partial charge is 0.319 e. The molecule has 3 N–H and O–H groups in total. The van der Waals surface area contributed by atoms with Gasteiger partial charge < -0.3 is 20.6 Å². The number of aliphatic hydroxyl groups is 1. The van der Waals surface area contributed by atoms with Gasteiger partial charge in [0.15, 0.2) is 0 Å². The fraction of sp³-hybridized carbons (Fsp3) is 0.174. The molecule has 0 aromatic heterocycles. The molecule has 5 nitrogen and oxygen atoms in total. The molecule has 29 heavy (non-hydrogen) atoms. The van der Waals surface area contributed by atoms with Gasteiger partial charge in [0.1, 0.15) is 5.82 Å². The van der Waals surface area contributed by atoms with Crippen molar-refractivity contribution < 1.29 is 14.3 Å². The second-order valence-corrected chi connectivity index (χ2v) is 6.73. The summed E-state index contributed by atoms with van der Waals surface area (Å²) in [6, 6.07) is 23.0. The number of para-hydroxylation sites is 2. The minimum absolute atomic E-state index is 0.102. The van der Waals surface area contributed by atoms with Crippen LogP contribution in [0.15, 0.2) is 78.9 Å². The Hall–Kier alpha value is -3.38. The lowest BCUT2D eigenvalue weighted by molar-refractivity contribution is 0.170. The van der Waals surface area contributed by atoms with Gasteiger partial charge in [-0.3, -0.25) is 0 Å². The number of nitrogens with zero attached hydrogens (tertiary/aromatic N) is 1. The molecular formula is C23H24FN3O2. The first-order valence-electron chi connectivity index (χ1n) is 9.36. The van der Waals surface area contributed by atoms with Gasteiger partial charge in [-0.1, -0.05) is 60.7 Å². The summed E-state index contributed by atoms with van der Waals surface area (Å²) in [6.45, 7) is 0.585. The number of amides is 2. The predicted molar refractivity (Wildman–Crippen MR) is 113 cm³/mol. The van der Waals surface area contributed by atoms with Gasteiger partial charge in [-0.2, -0.15) is 0 Å². The Morgan fingerprint density at radius 1 is 1.00 bits per heavy atom. The average molecular weight is 393 g/mol. The molecule has 0 radical (unpaired) electrons. The number of carbonyl (C=O) groups is 1. The highest BCUT2D eigenvalue weighted by molar-refractivity contribution is 5.93. The Balaban J connectivity index is 1.61. The van der Waals surface area contributed by atoms with E-state index in [-0.39, 0.29) is 12.1 Å². The van der Waals surface area contributed by atoms with E-state index in [2.05, 4.69) is 10.6 Å². The SMILES string of the molecule is CN(Cc1ccccc1)c1ccccc1NC(=O)NCC(O)c1ccccc1F. The maximum atomic E-state index is 13.7. The van der Waals surface area contributed by atoms with Gasteiger partial charge in [-0.25, -0.2) is 9.18 Å². The molecular weight excluding hydrogens is 369 g/mol. The van der Waals surface area contributed by atoms with Crippen LogP contribution >= 0.6 is 0 Å². The van der Waals surface area contributed by atoms with Crippen LogP contribution in [0.3, 0.4) is 0 Å². The van der Waals surface area contributed by atoms with Gasteiger partial charge in [0, 0.05) is 25.7 Å². The lowest BCUT2D eigenvalue weighted by Gasteiger charge is -2.23. The maximum Gasteiger partial charge on any atom is 0.319 e. The van der Waals surface area contributed by atoms with Gasteiger partial charge in [-0.05, 0) is 23.8 Å². The van der Waals surface area contributed by atoms with Gasteiger partial charge in [0.05, 0.1) is 17.5 Å². The minimum Gasteiger partial charge on any atom is -0.386 e. The minimum atomic E-state index is -1.13. The lowest BCUT2D eigenvalue weighted by atomic mass is 10.1. The third-order valence-electron chi connectivity index (χ3n) is 4.55. The molecule has 0 bridgehead atoms. The first kappa shape index (κ1) is 20.4. The van der Waals surface area contributed by atoms with Crippen LogP contribution in [-0.2, 0) is 6.54 Å².